The molecule has 0 saturated carbocycles. The van der Waals surface area contributed by atoms with Crippen molar-refractivity contribution in [1.29, 1.82) is 0 Å². The Hall–Kier alpha value is -2.24. The number of nitrogens with zero attached hydrogens (tertiary/aromatic N) is 1. The molecule has 0 unspecified atom stereocenters. The van der Waals surface area contributed by atoms with E-state index in [2.05, 4.69) is 10.5 Å². The normalized spacial score (nSPS) is 10.9. The van der Waals surface area contributed by atoms with Gasteiger partial charge < -0.3 is 21.0 Å². The summed E-state index contributed by atoms with van der Waals surface area (Å²) in [5.74, 6) is -0.481. The van der Waals surface area contributed by atoms with Gasteiger partial charge in [-0.1, -0.05) is 5.16 Å². The molecule has 0 spiro atoms. The average Bonchev–Trinajstić information content (AvgIpc) is 2.29. The number of hydrogen-bond acceptors (Lipinski definition) is 4. The number of hydrogen-bond donors (Lipinski definition) is 3. The lowest BCUT2D eigenvalue weighted by Gasteiger charge is -2.04. The fourth-order valence-corrected chi connectivity index (χ4v) is 0.915. The Kier molecular flexibility index (Phi) is 3.50. The number of amidine groups is 1. The number of nitrogens with two attached hydrogens (primary N) is 1. The van der Waals surface area contributed by atoms with Gasteiger partial charge in [-0.2, -0.15) is 0 Å². The highest BCUT2D eigenvalue weighted by molar-refractivity contribution is 6.41. The van der Waals surface area contributed by atoms with Gasteiger partial charge in [0.1, 0.15) is 5.75 Å². The molecule has 0 aromatic heterocycles. The number of amides is 1. The minimum atomic E-state index is -0.664. The lowest BCUT2D eigenvalue weighted by Crippen LogP contribution is -2.29. The Labute approximate surface area is 86.3 Å². The molecule has 0 atom stereocenters. The summed E-state index contributed by atoms with van der Waals surface area (Å²) < 4.78 is 4.94. The fourth-order valence-electron chi connectivity index (χ4n) is 0.915. The average molecular weight is 209 g/mol. The Morgan fingerprint density at radius 2 is 2.07 bits per heavy atom. The zero-order valence-corrected chi connectivity index (χ0v) is 8.10. The number of methoxy groups -OCH3 is 1. The van der Waals surface area contributed by atoms with Crippen LogP contribution in [0, 0.1) is 0 Å². The molecular weight excluding hydrogens is 198 g/mol. The van der Waals surface area contributed by atoms with Crippen LogP contribution in [0.15, 0.2) is 29.4 Å². The van der Waals surface area contributed by atoms with Crippen molar-refractivity contribution < 1.29 is 14.7 Å². The van der Waals surface area contributed by atoms with Gasteiger partial charge in [-0.25, -0.2) is 0 Å². The molecule has 80 valence electrons. The monoisotopic (exact) mass is 209 g/mol. The van der Waals surface area contributed by atoms with Gasteiger partial charge in [-0.15, -0.1) is 0 Å². The van der Waals surface area contributed by atoms with Gasteiger partial charge in [0, 0.05) is 5.69 Å². The minimum absolute atomic E-state index is 0.495. The third kappa shape index (κ3) is 2.87. The summed E-state index contributed by atoms with van der Waals surface area (Å²) in [5, 5.41) is 13.3. The summed E-state index contributed by atoms with van der Waals surface area (Å²) in [4.78, 5) is 11.1. The zero-order valence-electron chi connectivity index (χ0n) is 8.10. The van der Waals surface area contributed by atoms with Gasteiger partial charge in [-0.3, -0.25) is 4.79 Å². The fraction of sp³-hybridized carbons (Fsp3) is 0.111. The van der Waals surface area contributed by atoms with Gasteiger partial charge >= 0.3 is 0 Å². The smallest absolute Gasteiger partial charge is 0.294 e. The van der Waals surface area contributed by atoms with Crippen molar-refractivity contribution in [2.75, 3.05) is 12.4 Å². The van der Waals surface area contributed by atoms with Crippen molar-refractivity contribution in [3.05, 3.63) is 24.3 Å². The molecule has 1 aromatic rings. The van der Waals surface area contributed by atoms with E-state index in [4.69, 9.17) is 15.7 Å². The number of carbonyl (C=O) groups excluding carboxylic acids is 1. The van der Waals surface area contributed by atoms with Crippen LogP contribution in [-0.4, -0.2) is 24.1 Å². The number of ether oxygens (including phenoxy) is 1. The first-order chi connectivity index (χ1) is 7.17. The number of oxime groups is 1. The van der Waals surface area contributed by atoms with E-state index in [1.54, 1.807) is 31.4 Å². The van der Waals surface area contributed by atoms with Crippen LogP contribution < -0.4 is 15.8 Å². The molecule has 0 aliphatic carbocycles. The molecule has 0 heterocycles. The van der Waals surface area contributed by atoms with Crippen molar-refractivity contribution in [1.82, 2.24) is 0 Å². The van der Waals surface area contributed by atoms with Crippen LogP contribution in [0.1, 0.15) is 0 Å². The molecule has 0 bridgehead atoms. The van der Waals surface area contributed by atoms with E-state index in [0.717, 1.165) is 0 Å². The topological polar surface area (TPSA) is 96.9 Å². The molecule has 0 radical (unpaired) electrons. The van der Waals surface area contributed by atoms with Crippen molar-refractivity contribution in [2.24, 2.45) is 10.9 Å². The molecule has 0 saturated heterocycles. The third-order valence-corrected chi connectivity index (χ3v) is 1.69. The molecule has 1 aromatic carbocycles. The van der Waals surface area contributed by atoms with Crippen LogP contribution in [0.5, 0.6) is 5.75 Å². The van der Waals surface area contributed by atoms with E-state index in [1.807, 2.05) is 0 Å². The molecule has 1 rings (SSSR count). The van der Waals surface area contributed by atoms with Gasteiger partial charge in [0.25, 0.3) is 5.91 Å². The first-order valence-electron chi connectivity index (χ1n) is 4.10. The Balaban J connectivity index is 2.69. The number of carbonyl (C=O) groups is 1. The van der Waals surface area contributed by atoms with E-state index in [0.29, 0.717) is 11.4 Å². The van der Waals surface area contributed by atoms with Crippen LogP contribution in [-0.2, 0) is 4.79 Å². The van der Waals surface area contributed by atoms with Gasteiger partial charge in [0.15, 0.2) is 0 Å². The second kappa shape index (κ2) is 4.85. The largest absolute Gasteiger partial charge is 0.497 e. The highest BCUT2D eigenvalue weighted by Crippen LogP contribution is 2.14. The molecule has 6 nitrogen and oxygen atoms in total. The first kappa shape index (κ1) is 10.8. The summed E-state index contributed by atoms with van der Waals surface area (Å²) in [5.41, 5.74) is 5.62. The van der Waals surface area contributed by atoms with Crippen LogP contribution >= 0.6 is 0 Å². The molecule has 0 aliphatic heterocycles. The second-order valence-electron chi connectivity index (χ2n) is 2.67. The van der Waals surface area contributed by atoms with E-state index >= 15 is 0 Å². The summed E-state index contributed by atoms with van der Waals surface area (Å²) in [6.07, 6.45) is 0. The molecule has 6 heteroatoms. The summed E-state index contributed by atoms with van der Waals surface area (Å²) >= 11 is 0. The van der Waals surface area contributed by atoms with Crippen LogP contribution in [0.3, 0.4) is 0 Å². The van der Waals surface area contributed by atoms with Gasteiger partial charge in [-0.05, 0) is 24.3 Å². The van der Waals surface area contributed by atoms with Gasteiger partial charge in [0.05, 0.1) is 7.11 Å². The number of benzene rings is 1. The number of nitrogens with one attached hydrogen (secondary N) is 1. The molecule has 4 N–H and O–H groups in total. The predicted molar refractivity (Wildman–Crippen MR) is 55.0 cm³/mol. The zero-order chi connectivity index (χ0) is 11.3. The van der Waals surface area contributed by atoms with Crippen LogP contribution in [0.4, 0.5) is 5.69 Å². The highest BCUT2D eigenvalue weighted by Gasteiger charge is 2.07. The van der Waals surface area contributed by atoms with Crippen LogP contribution in [0.2, 0.25) is 0 Å². The second-order valence-corrected chi connectivity index (χ2v) is 2.67. The van der Waals surface area contributed by atoms with E-state index in [-0.39, 0.29) is 0 Å². The van der Waals surface area contributed by atoms with Crippen molar-refractivity contribution in [2.45, 2.75) is 0 Å². The maximum atomic E-state index is 11.1. The first-order valence-corrected chi connectivity index (χ1v) is 4.10. The van der Waals surface area contributed by atoms with Crippen molar-refractivity contribution in [3.63, 3.8) is 0 Å². The Bertz CT molecular complexity index is 373. The molecular formula is C9H11N3O3. The van der Waals surface area contributed by atoms with E-state index in [9.17, 15) is 4.79 Å². The predicted octanol–water partition coefficient (Wildman–Crippen LogP) is 0.380. The maximum absolute atomic E-state index is 11.1. The quantitative estimate of drug-likeness (QED) is 0.284. The highest BCUT2D eigenvalue weighted by atomic mass is 16.5. The van der Waals surface area contributed by atoms with E-state index < -0.39 is 11.7 Å². The SMILES string of the molecule is COc1ccc(NC(=O)/C(N)=N\O)cc1. The standard InChI is InChI=1S/C9H11N3O3/c1-15-7-4-2-6(3-5-7)11-9(13)8(10)12-14/h2-5,14H,1H3,(H2,10,12)(H,11,13). The van der Waals surface area contributed by atoms with E-state index in [1.165, 1.54) is 0 Å². The molecule has 1 amide bonds. The Morgan fingerprint density at radius 1 is 1.47 bits per heavy atom. The van der Waals surface area contributed by atoms with Crippen molar-refractivity contribution in [3.8, 4) is 5.75 Å². The minimum Gasteiger partial charge on any atom is -0.497 e. The summed E-state index contributed by atoms with van der Waals surface area (Å²) in [6, 6.07) is 6.65. The third-order valence-electron chi connectivity index (χ3n) is 1.69. The van der Waals surface area contributed by atoms with Gasteiger partial charge in [0.2, 0.25) is 5.84 Å². The number of rotatable bonds is 2. The maximum Gasteiger partial charge on any atom is 0.294 e. The molecule has 0 aliphatic rings. The van der Waals surface area contributed by atoms with Crippen molar-refractivity contribution >= 4 is 17.4 Å². The molecule has 0 fully saturated rings. The van der Waals surface area contributed by atoms with Crippen LogP contribution in [0.25, 0.3) is 0 Å². The lowest BCUT2D eigenvalue weighted by molar-refractivity contribution is -0.110. The lowest BCUT2D eigenvalue weighted by atomic mass is 10.3. The molecule has 15 heavy (non-hydrogen) atoms. The summed E-state index contributed by atoms with van der Waals surface area (Å²) in [6.45, 7) is 0. The Morgan fingerprint density at radius 3 is 2.53 bits per heavy atom. The number of anilines is 1. The summed E-state index contributed by atoms with van der Waals surface area (Å²) in [7, 11) is 1.55.